The Morgan fingerprint density at radius 1 is 1.28 bits per heavy atom. The highest BCUT2D eigenvalue weighted by molar-refractivity contribution is 7.92. The molecule has 1 fully saturated rings. The molecular weight excluding hydrogens is 250 g/mol. The van der Waals surface area contributed by atoms with Crippen LogP contribution in [-0.4, -0.2) is 39.2 Å². The Kier molecular flexibility index (Phi) is 5.21. The summed E-state index contributed by atoms with van der Waals surface area (Å²) in [5.41, 5.74) is 6.17. The summed E-state index contributed by atoms with van der Waals surface area (Å²) in [6.45, 7) is 6.78. The molecule has 3 atom stereocenters. The monoisotopic (exact) mass is 277 g/mol. The number of nitrogens with two attached hydrogens (primary N) is 1. The van der Waals surface area contributed by atoms with Crippen molar-refractivity contribution in [1.29, 1.82) is 0 Å². The second-order valence-electron chi connectivity index (χ2n) is 6.44. The van der Waals surface area contributed by atoms with Gasteiger partial charge >= 0.3 is 0 Å². The number of sulfone groups is 1. The average molecular weight is 277 g/mol. The topological polar surface area (TPSA) is 69.4 Å². The molecule has 108 valence electrons. The molecule has 0 amide bonds. The molecule has 0 aromatic carbocycles. The Morgan fingerprint density at radius 3 is 2.39 bits per heavy atom. The highest BCUT2D eigenvalue weighted by Crippen LogP contribution is 2.39. The second kappa shape index (κ2) is 5.88. The molecule has 0 saturated heterocycles. The SMILES string of the molecule is COCCS(=O)(=O)C1CC(C(C)(C)C)CCC1N. The Morgan fingerprint density at radius 2 is 1.89 bits per heavy atom. The minimum atomic E-state index is -3.14. The first-order valence-corrected chi connectivity index (χ1v) is 8.36. The van der Waals surface area contributed by atoms with Crippen molar-refractivity contribution in [2.45, 2.75) is 51.3 Å². The minimum Gasteiger partial charge on any atom is -0.384 e. The van der Waals surface area contributed by atoms with Crippen LogP contribution in [0.1, 0.15) is 40.0 Å². The Balaban J connectivity index is 2.79. The molecule has 0 aliphatic heterocycles. The normalized spacial score (nSPS) is 30.4. The summed E-state index contributed by atoms with van der Waals surface area (Å²) >= 11 is 0. The van der Waals surface area contributed by atoms with Crippen molar-refractivity contribution < 1.29 is 13.2 Å². The molecule has 3 unspecified atom stereocenters. The van der Waals surface area contributed by atoms with Gasteiger partial charge in [-0.05, 0) is 30.6 Å². The zero-order valence-electron chi connectivity index (χ0n) is 12.0. The molecule has 18 heavy (non-hydrogen) atoms. The molecule has 0 aromatic heterocycles. The number of ether oxygens (including phenoxy) is 1. The standard InChI is InChI=1S/C13H27NO3S/c1-13(2,3)10-5-6-11(14)12(9-10)18(15,16)8-7-17-4/h10-12H,5-9,14H2,1-4H3. The highest BCUT2D eigenvalue weighted by Gasteiger charge is 2.40. The lowest BCUT2D eigenvalue weighted by Crippen LogP contribution is -2.48. The summed E-state index contributed by atoms with van der Waals surface area (Å²) < 4.78 is 29.4. The molecule has 0 radical (unpaired) electrons. The van der Waals surface area contributed by atoms with Gasteiger partial charge in [0.15, 0.2) is 9.84 Å². The summed E-state index contributed by atoms with van der Waals surface area (Å²) in [6.07, 6.45) is 2.52. The van der Waals surface area contributed by atoms with Crippen LogP contribution in [0.3, 0.4) is 0 Å². The van der Waals surface area contributed by atoms with Crippen molar-refractivity contribution in [3.63, 3.8) is 0 Å². The first-order valence-electron chi connectivity index (χ1n) is 6.64. The third kappa shape index (κ3) is 3.93. The van der Waals surface area contributed by atoms with E-state index in [1.807, 2.05) is 0 Å². The molecule has 1 saturated carbocycles. The van der Waals surface area contributed by atoms with E-state index in [9.17, 15) is 8.42 Å². The van der Waals surface area contributed by atoms with Crippen molar-refractivity contribution >= 4 is 9.84 Å². The van der Waals surface area contributed by atoms with Gasteiger partial charge in [0.05, 0.1) is 17.6 Å². The number of hydrogen-bond donors (Lipinski definition) is 1. The molecular formula is C13H27NO3S. The highest BCUT2D eigenvalue weighted by atomic mass is 32.2. The van der Waals surface area contributed by atoms with Crippen LogP contribution in [0.15, 0.2) is 0 Å². The summed E-state index contributed by atoms with van der Waals surface area (Å²) in [6, 6.07) is -0.217. The maximum Gasteiger partial charge on any atom is 0.156 e. The van der Waals surface area contributed by atoms with Gasteiger partial charge in [0, 0.05) is 13.2 Å². The lowest BCUT2D eigenvalue weighted by Gasteiger charge is -2.40. The number of rotatable bonds is 4. The Labute approximate surface area is 111 Å². The summed E-state index contributed by atoms with van der Waals surface area (Å²) in [4.78, 5) is 0. The van der Waals surface area contributed by atoms with E-state index in [0.717, 1.165) is 12.8 Å². The van der Waals surface area contributed by atoms with E-state index in [-0.39, 0.29) is 23.8 Å². The molecule has 0 heterocycles. The minimum absolute atomic E-state index is 0.0821. The molecule has 0 spiro atoms. The van der Waals surface area contributed by atoms with Crippen LogP contribution in [0.4, 0.5) is 0 Å². The van der Waals surface area contributed by atoms with Crippen molar-refractivity contribution in [3.8, 4) is 0 Å². The van der Waals surface area contributed by atoms with Gasteiger partial charge in [-0.25, -0.2) is 8.42 Å². The molecule has 5 heteroatoms. The predicted octanol–water partition coefficient (Wildman–Crippen LogP) is 1.59. The van der Waals surface area contributed by atoms with Crippen LogP contribution >= 0.6 is 0 Å². The van der Waals surface area contributed by atoms with E-state index >= 15 is 0 Å². The van der Waals surface area contributed by atoms with Gasteiger partial charge in [0.1, 0.15) is 0 Å². The quantitative estimate of drug-likeness (QED) is 0.847. The van der Waals surface area contributed by atoms with E-state index < -0.39 is 15.1 Å². The van der Waals surface area contributed by atoms with E-state index in [4.69, 9.17) is 10.5 Å². The van der Waals surface area contributed by atoms with Crippen LogP contribution < -0.4 is 5.73 Å². The molecule has 0 bridgehead atoms. The molecule has 1 aliphatic carbocycles. The van der Waals surface area contributed by atoms with E-state index in [2.05, 4.69) is 20.8 Å². The van der Waals surface area contributed by atoms with Crippen LogP contribution in [0.2, 0.25) is 0 Å². The van der Waals surface area contributed by atoms with Gasteiger partial charge in [-0.2, -0.15) is 0 Å². The van der Waals surface area contributed by atoms with Crippen LogP contribution in [0, 0.1) is 11.3 Å². The van der Waals surface area contributed by atoms with Crippen LogP contribution in [0.25, 0.3) is 0 Å². The van der Waals surface area contributed by atoms with Gasteiger partial charge in [-0.1, -0.05) is 20.8 Å². The molecule has 4 nitrogen and oxygen atoms in total. The van der Waals surface area contributed by atoms with Gasteiger partial charge in [0.2, 0.25) is 0 Å². The van der Waals surface area contributed by atoms with Crippen molar-refractivity contribution in [2.24, 2.45) is 17.1 Å². The molecule has 1 rings (SSSR count). The van der Waals surface area contributed by atoms with Crippen LogP contribution in [-0.2, 0) is 14.6 Å². The van der Waals surface area contributed by atoms with Crippen molar-refractivity contribution in [1.82, 2.24) is 0 Å². The third-order valence-corrected chi connectivity index (χ3v) is 6.30. The third-order valence-electron chi connectivity index (χ3n) is 4.10. The second-order valence-corrected chi connectivity index (χ2v) is 8.78. The zero-order valence-corrected chi connectivity index (χ0v) is 12.8. The smallest absolute Gasteiger partial charge is 0.156 e. The van der Waals surface area contributed by atoms with Gasteiger partial charge in [-0.3, -0.25) is 0 Å². The lowest BCUT2D eigenvalue weighted by atomic mass is 9.71. The lowest BCUT2D eigenvalue weighted by molar-refractivity contribution is 0.171. The fraction of sp³-hybridized carbons (Fsp3) is 1.00. The summed E-state index contributed by atoms with van der Waals surface area (Å²) in [7, 11) is -1.62. The maximum atomic E-state index is 12.3. The van der Waals surface area contributed by atoms with E-state index in [1.54, 1.807) is 0 Å². The molecule has 1 aliphatic rings. The predicted molar refractivity (Wildman–Crippen MR) is 74.2 cm³/mol. The van der Waals surface area contributed by atoms with Gasteiger partial charge in [0.25, 0.3) is 0 Å². The maximum absolute atomic E-state index is 12.3. The van der Waals surface area contributed by atoms with Crippen molar-refractivity contribution in [2.75, 3.05) is 19.5 Å². The largest absolute Gasteiger partial charge is 0.384 e. The Bertz CT molecular complexity index is 359. The van der Waals surface area contributed by atoms with Crippen molar-refractivity contribution in [3.05, 3.63) is 0 Å². The zero-order chi connectivity index (χ0) is 14.0. The number of methoxy groups -OCH3 is 1. The van der Waals surface area contributed by atoms with Gasteiger partial charge < -0.3 is 10.5 Å². The first kappa shape index (κ1) is 15.9. The first-order chi connectivity index (χ1) is 8.18. The van der Waals surface area contributed by atoms with E-state index in [1.165, 1.54) is 7.11 Å². The Hall–Kier alpha value is -0.130. The fourth-order valence-corrected chi connectivity index (χ4v) is 4.60. The van der Waals surface area contributed by atoms with E-state index in [0.29, 0.717) is 12.3 Å². The summed E-state index contributed by atoms with van der Waals surface area (Å²) in [5, 5.41) is -0.398. The van der Waals surface area contributed by atoms with Gasteiger partial charge in [-0.15, -0.1) is 0 Å². The van der Waals surface area contributed by atoms with Crippen LogP contribution in [0.5, 0.6) is 0 Å². The molecule has 2 N–H and O–H groups in total. The summed E-state index contributed by atoms with van der Waals surface area (Å²) in [5.74, 6) is 0.512. The fourth-order valence-electron chi connectivity index (χ4n) is 2.70. The average Bonchev–Trinajstić information content (AvgIpc) is 2.25. The molecule has 0 aromatic rings. The number of hydrogen-bond acceptors (Lipinski definition) is 4.